The lowest BCUT2D eigenvalue weighted by Gasteiger charge is -2.40. The number of aromatic nitrogens is 2. The number of benzene rings is 1. The molecular weight excluding hydrogens is 346 g/mol. The molecule has 27 heavy (non-hydrogen) atoms. The number of piperidine rings is 1. The Balaban J connectivity index is 1.72. The third-order valence-corrected chi connectivity index (χ3v) is 5.27. The van der Waals surface area contributed by atoms with Crippen LogP contribution >= 0.6 is 0 Å². The smallest absolute Gasteiger partial charge is 0.311 e. The topological polar surface area (TPSA) is 95.5 Å². The van der Waals surface area contributed by atoms with Crippen LogP contribution in [0.25, 0.3) is 11.3 Å². The summed E-state index contributed by atoms with van der Waals surface area (Å²) >= 11 is 0. The molecule has 0 radical (unpaired) electrons. The van der Waals surface area contributed by atoms with Crippen LogP contribution in [-0.4, -0.2) is 58.9 Å². The van der Waals surface area contributed by atoms with Crippen molar-refractivity contribution in [2.75, 3.05) is 26.8 Å². The molecule has 0 unspecified atom stereocenters. The maximum absolute atomic E-state index is 12.9. The predicted molar refractivity (Wildman–Crippen MR) is 100 cm³/mol. The Labute approximate surface area is 158 Å². The molecule has 1 aromatic heterocycles. The van der Waals surface area contributed by atoms with Gasteiger partial charge in [-0.3, -0.25) is 14.7 Å². The number of hydrogen-bond acceptors (Lipinski definition) is 4. The third kappa shape index (κ3) is 4.19. The zero-order valence-electron chi connectivity index (χ0n) is 15.5. The molecule has 7 nitrogen and oxygen atoms in total. The van der Waals surface area contributed by atoms with Crippen molar-refractivity contribution in [2.24, 2.45) is 5.41 Å². The van der Waals surface area contributed by atoms with Crippen LogP contribution in [0, 0.1) is 5.41 Å². The summed E-state index contributed by atoms with van der Waals surface area (Å²) in [5, 5.41) is 16.6. The van der Waals surface area contributed by atoms with E-state index in [1.165, 1.54) is 0 Å². The van der Waals surface area contributed by atoms with E-state index in [0.29, 0.717) is 44.4 Å². The van der Waals surface area contributed by atoms with Gasteiger partial charge < -0.3 is 14.7 Å². The van der Waals surface area contributed by atoms with Crippen LogP contribution < -0.4 is 0 Å². The van der Waals surface area contributed by atoms with Crippen molar-refractivity contribution in [1.82, 2.24) is 15.1 Å². The number of aromatic amines is 1. The Kier molecular flexibility index (Phi) is 5.91. The number of hydrogen-bond donors (Lipinski definition) is 2. The van der Waals surface area contributed by atoms with Crippen molar-refractivity contribution in [1.29, 1.82) is 0 Å². The molecule has 7 heteroatoms. The highest BCUT2D eigenvalue weighted by Crippen LogP contribution is 2.35. The number of H-pyrrole nitrogens is 1. The van der Waals surface area contributed by atoms with Crippen LogP contribution in [0.4, 0.5) is 0 Å². The maximum Gasteiger partial charge on any atom is 0.311 e. The number of carbonyl (C=O) groups excluding carboxylic acids is 1. The number of ether oxygens (including phenoxy) is 1. The monoisotopic (exact) mass is 371 g/mol. The number of amides is 1. The minimum absolute atomic E-state index is 0.122. The number of nitrogens with one attached hydrogen (secondary N) is 1. The van der Waals surface area contributed by atoms with Gasteiger partial charge in [-0.25, -0.2) is 0 Å². The lowest BCUT2D eigenvalue weighted by Crippen LogP contribution is -2.50. The van der Waals surface area contributed by atoms with Gasteiger partial charge in [-0.05, 0) is 49.4 Å². The molecule has 2 N–H and O–H groups in total. The Morgan fingerprint density at radius 1 is 1.30 bits per heavy atom. The largest absolute Gasteiger partial charge is 0.481 e. The second-order valence-electron chi connectivity index (χ2n) is 7.06. The molecular formula is C20H25N3O4. The normalized spacial score (nSPS) is 19.8. The van der Waals surface area contributed by atoms with Crippen LogP contribution in [0.2, 0.25) is 0 Å². The highest BCUT2D eigenvalue weighted by molar-refractivity contribution is 5.95. The van der Waals surface area contributed by atoms with E-state index in [1.807, 2.05) is 18.2 Å². The summed E-state index contributed by atoms with van der Waals surface area (Å²) in [7, 11) is 1.61. The van der Waals surface area contributed by atoms with Crippen molar-refractivity contribution in [3.63, 3.8) is 0 Å². The first-order valence-electron chi connectivity index (χ1n) is 9.17. The molecule has 2 heterocycles. The summed E-state index contributed by atoms with van der Waals surface area (Å²) in [5.41, 5.74) is 1.51. The van der Waals surface area contributed by atoms with E-state index in [0.717, 1.165) is 11.3 Å². The molecule has 1 saturated heterocycles. The number of carboxylic acids is 1. The molecule has 0 spiro atoms. The molecule has 1 aliphatic heterocycles. The average molecular weight is 371 g/mol. The standard InChI is InChI=1S/C20H25N3O4/c1-27-13-3-10-20(19(25)26)9-2-12-23(14-20)18(24)16-6-4-15(5-7-16)17-8-11-21-22-17/h4-8,11H,2-3,9-10,12-14H2,1H3,(H,21,22)(H,25,26)/t20-/m1/s1. The van der Waals surface area contributed by atoms with Gasteiger partial charge in [0, 0.05) is 38.6 Å². The highest BCUT2D eigenvalue weighted by Gasteiger charge is 2.43. The van der Waals surface area contributed by atoms with E-state index in [2.05, 4.69) is 10.2 Å². The van der Waals surface area contributed by atoms with E-state index in [9.17, 15) is 14.7 Å². The summed E-state index contributed by atoms with van der Waals surface area (Å²) in [6.07, 6.45) is 4.14. The summed E-state index contributed by atoms with van der Waals surface area (Å²) in [5.74, 6) is -0.950. The van der Waals surface area contributed by atoms with Gasteiger partial charge in [-0.15, -0.1) is 0 Å². The number of carboxylic acid groups (broad SMARTS) is 1. The summed E-state index contributed by atoms with van der Waals surface area (Å²) in [6, 6.07) is 9.16. The van der Waals surface area contributed by atoms with Gasteiger partial charge in [-0.1, -0.05) is 12.1 Å². The molecule has 1 aliphatic rings. The van der Waals surface area contributed by atoms with E-state index >= 15 is 0 Å². The first-order chi connectivity index (χ1) is 13.1. The highest BCUT2D eigenvalue weighted by atomic mass is 16.5. The second-order valence-corrected chi connectivity index (χ2v) is 7.06. The molecule has 0 aliphatic carbocycles. The van der Waals surface area contributed by atoms with E-state index in [-0.39, 0.29) is 12.5 Å². The summed E-state index contributed by atoms with van der Waals surface area (Å²) < 4.78 is 5.06. The van der Waals surface area contributed by atoms with Crippen molar-refractivity contribution in [3.8, 4) is 11.3 Å². The van der Waals surface area contributed by atoms with Gasteiger partial charge >= 0.3 is 5.97 Å². The fourth-order valence-electron chi connectivity index (χ4n) is 3.74. The molecule has 2 aromatic rings. The van der Waals surface area contributed by atoms with Gasteiger partial charge in [0.25, 0.3) is 5.91 Å². The van der Waals surface area contributed by atoms with Crippen molar-refractivity contribution in [3.05, 3.63) is 42.1 Å². The molecule has 0 saturated carbocycles. The van der Waals surface area contributed by atoms with Crippen LogP contribution in [0.15, 0.2) is 36.5 Å². The summed E-state index contributed by atoms with van der Waals surface area (Å²) in [6.45, 7) is 1.35. The number of methoxy groups -OCH3 is 1. The minimum atomic E-state index is -0.887. The van der Waals surface area contributed by atoms with E-state index in [1.54, 1.807) is 30.3 Å². The zero-order valence-corrected chi connectivity index (χ0v) is 15.5. The first-order valence-corrected chi connectivity index (χ1v) is 9.17. The average Bonchev–Trinajstić information content (AvgIpc) is 3.23. The fraction of sp³-hybridized carbons (Fsp3) is 0.450. The Bertz CT molecular complexity index is 773. The molecule has 3 rings (SSSR count). The van der Waals surface area contributed by atoms with Crippen molar-refractivity contribution >= 4 is 11.9 Å². The number of carbonyl (C=O) groups is 2. The predicted octanol–water partition coefficient (Wildman–Crippen LogP) is 2.81. The SMILES string of the molecule is COCCC[C@]1(C(=O)O)CCCN(C(=O)c2ccc(-c3ccn[nH]3)cc2)C1. The molecule has 1 atom stereocenters. The Hall–Kier alpha value is -2.67. The van der Waals surface area contributed by atoms with Gasteiger partial charge in [0.05, 0.1) is 11.1 Å². The van der Waals surface area contributed by atoms with E-state index < -0.39 is 11.4 Å². The quantitative estimate of drug-likeness (QED) is 0.730. The number of likely N-dealkylation sites (tertiary alicyclic amines) is 1. The van der Waals surface area contributed by atoms with Crippen LogP contribution in [0.1, 0.15) is 36.0 Å². The van der Waals surface area contributed by atoms with Crippen LogP contribution in [-0.2, 0) is 9.53 Å². The zero-order chi connectivity index (χ0) is 19.3. The lowest BCUT2D eigenvalue weighted by atomic mass is 9.76. The van der Waals surface area contributed by atoms with E-state index in [4.69, 9.17) is 4.74 Å². The first kappa shape index (κ1) is 19.1. The number of aliphatic carboxylic acids is 1. The molecule has 1 amide bonds. The third-order valence-electron chi connectivity index (χ3n) is 5.27. The van der Waals surface area contributed by atoms with Crippen molar-refractivity contribution in [2.45, 2.75) is 25.7 Å². The molecule has 1 aromatic carbocycles. The van der Waals surface area contributed by atoms with Gasteiger partial charge in [-0.2, -0.15) is 5.10 Å². The van der Waals surface area contributed by atoms with Gasteiger partial charge in [0.1, 0.15) is 0 Å². The number of rotatable bonds is 7. The molecule has 0 bridgehead atoms. The van der Waals surface area contributed by atoms with Crippen molar-refractivity contribution < 1.29 is 19.4 Å². The lowest BCUT2D eigenvalue weighted by molar-refractivity contribution is -0.152. The fourth-order valence-corrected chi connectivity index (χ4v) is 3.74. The molecule has 144 valence electrons. The Morgan fingerprint density at radius 3 is 2.70 bits per heavy atom. The van der Waals surface area contributed by atoms with Gasteiger partial charge in [0.15, 0.2) is 0 Å². The minimum Gasteiger partial charge on any atom is -0.481 e. The maximum atomic E-state index is 12.9. The van der Waals surface area contributed by atoms with Crippen LogP contribution in [0.5, 0.6) is 0 Å². The van der Waals surface area contributed by atoms with Gasteiger partial charge in [0.2, 0.25) is 0 Å². The second kappa shape index (κ2) is 8.35. The van der Waals surface area contributed by atoms with Crippen LogP contribution in [0.3, 0.4) is 0 Å². The molecule has 1 fully saturated rings. The summed E-state index contributed by atoms with van der Waals surface area (Å²) in [4.78, 5) is 26.6. The Morgan fingerprint density at radius 2 is 2.07 bits per heavy atom. The number of nitrogens with zero attached hydrogens (tertiary/aromatic N) is 2.